The van der Waals surface area contributed by atoms with Crippen molar-refractivity contribution in [3.63, 3.8) is 0 Å². The van der Waals surface area contributed by atoms with Crippen LogP contribution in [0.1, 0.15) is 50.2 Å². The van der Waals surface area contributed by atoms with Crippen molar-refractivity contribution >= 4 is 5.82 Å². The van der Waals surface area contributed by atoms with Gasteiger partial charge in [0.05, 0.1) is 18.9 Å². The van der Waals surface area contributed by atoms with E-state index in [4.69, 9.17) is 9.72 Å². The van der Waals surface area contributed by atoms with Gasteiger partial charge in [-0.1, -0.05) is 13.8 Å². The summed E-state index contributed by atoms with van der Waals surface area (Å²) >= 11 is 0. The molecule has 1 atom stereocenters. The summed E-state index contributed by atoms with van der Waals surface area (Å²) in [7, 11) is 0. The third kappa shape index (κ3) is 2.57. The van der Waals surface area contributed by atoms with E-state index in [1.807, 2.05) is 0 Å². The Bertz CT molecular complexity index is 392. The van der Waals surface area contributed by atoms with E-state index in [1.165, 1.54) is 0 Å². The maximum atomic E-state index is 5.49. The predicted octanol–water partition coefficient (Wildman–Crippen LogP) is 2.49. The van der Waals surface area contributed by atoms with Crippen molar-refractivity contribution in [2.45, 2.75) is 46.1 Å². The molecule has 0 saturated heterocycles. The highest BCUT2D eigenvalue weighted by Crippen LogP contribution is 2.25. The highest BCUT2D eigenvalue weighted by atomic mass is 16.5. The molecule has 1 aliphatic heterocycles. The second kappa shape index (κ2) is 5.45. The van der Waals surface area contributed by atoms with Crippen LogP contribution in [0.25, 0.3) is 0 Å². The van der Waals surface area contributed by atoms with Crippen LogP contribution in [0.4, 0.5) is 5.82 Å². The standard InChI is InChI=1S/C13H21N3O/c1-4-9(3)12-15-11-6-7-17-8-10(11)13(16-12)14-5-2/h9H,4-8H2,1-3H3,(H,14,15,16). The van der Waals surface area contributed by atoms with Crippen LogP contribution in [-0.4, -0.2) is 23.1 Å². The van der Waals surface area contributed by atoms with E-state index in [-0.39, 0.29) is 0 Å². The molecule has 17 heavy (non-hydrogen) atoms. The summed E-state index contributed by atoms with van der Waals surface area (Å²) in [6, 6.07) is 0. The van der Waals surface area contributed by atoms with E-state index in [2.05, 4.69) is 31.1 Å². The number of fused-ring (bicyclic) bond motifs is 1. The molecule has 0 fully saturated rings. The Hall–Kier alpha value is -1.16. The smallest absolute Gasteiger partial charge is 0.135 e. The summed E-state index contributed by atoms with van der Waals surface area (Å²) in [6.45, 7) is 8.72. The predicted molar refractivity (Wildman–Crippen MR) is 68.3 cm³/mol. The Morgan fingerprint density at radius 1 is 1.35 bits per heavy atom. The Morgan fingerprint density at radius 2 is 2.18 bits per heavy atom. The summed E-state index contributed by atoms with van der Waals surface area (Å²) in [6.07, 6.45) is 1.97. The van der Waals surface area contributed by atoms with Gasteiger partial charge in [-0.15, -0.1) is 0 Å². The third-order valence-corrected chi connectivity index (χ3v) is 3.24. The Labute approximate surface area is 103 Å². The van der Waals surface area contributed by atoms with E-state index < -0.39 is 0 Å². The molecule has 2 heterocycles. The van der Waals surface area contributed by atoms with Crippen LogP contribution < -0.4 is 5.32 Å². The minimum absolute atomic E-state index is 0.417. The maximum absolute atomic E-state index is 5.49. The topological polar surface area (TPSA) is 47.0 Å². The van der Waals surface area contributed by atoms with E-state index in [0.29, 0.717) is 12.5 Å². The molecule has 0 bridgehead atoms. The molecule has 0 amide bonds. The number of hydrogen-bond acceptors (Lipinski definition) is 4. The van der Waals surface area contributed by atoms with Crippen LogP contribution >= 0.6 is 0 Å². The number of aromatic nitrogens is 2. The molecule has 4 heteroatoms. The van der Waals surface area contributed by atoms with E-state index >= 15 is 0 Å². The lowest BCUT2D eigenvalue weighted by atomic mass is 10.1. The van der Waals surface area contributed by atoms with Crippen LogP contribution in [0.2, 0.25) is 0 Å². The highest BCUT2D eigenvalue weighted by molar-refractivity contribution is 5.47. The van der Waals surface area contributed by atoms with E-state index in [1.54, 1.807) is 0 Å². The summed E-state index contributed by atoms with van der Waals surface area (Å²) in [4.78, 5) is 9.34. The summed E-state index contributed by atoms with van der Waals surface area (Å²) in [5.74, 6) is 2.34. The normalized spacial score (nSPS) is 16.4. The zero-order valence-corrected chi connectivity index (χ0v) is 10.9. The number of anilines is 1. The highest BCUT2D eigenvalue weighted by Gasteiger charge is 2.19. The molecule has 0 radical (unpaired) electrons. The first-order chi connectivity index (χ1) is 8.26. The number of nitrogens with zero attached hydrogens (tertiary/aromatic N) is 2. The van der Waals surface area contributed by atoms with Gasteiger partial charge >= 0.3 is 0 Å². The van der Waals surface area contributed by atoms with Crippen molar-refractivity contribution in [3.05, 3.63) is 17.1 Å². The lowest BCUT2D eigenvalue weighted by molar-refractivity contribution is 0.109. The molecule has 1 aromatic rings. The van der Waals surface area contributed by atoms with Gasteiger partial charge in [-0.3, -0.25) is 0 Å². The van der Waals surface area contributed by atoms with Crippen molar-refractivity contribution in [1.29, 1.82) is 0 Å². The number of nitrogens with one attached hydrogen (secondary N) is 1. The fourth-order valence-corrected chi connectivity index (χ4v) is 1.97. The molecule has 1 aliphatic rings. The van der Waals surface area contributed by atoms with Crippen molar-refractivity contribution in [2.24, 2.45) is 0 Å². The van der Waals surface area contributed by atoms with Crippen molar-refractivity contribution < 1.29 is 4.74 Å². The first-order valence-electron chi connectivity index (χ1n) is 6.47. The molecule has 0 aromatic carbocycles. The monoisotopic (exact) mass is 235 g/mol. The zero-order chi connectivity index (χ0) is 12.3. The second-order valence-electron chi connectivity index (χ2n) is 4.50. The second-order valence-corrected chi connectivity index (χ2v) is 4.50. The minimum Gasteiger partial charge on any atom is -0.376 e. The molecule has 0 aliphatic carbocycles. The van der Waals surface area contributed by atoms with Gasteiger partial charge in [0.1, 0.15) is 11.6 Å². The Kier molecular flexibility index (Phi) is 3.94. The molecule has 1 aromatic heterocycles. The van der Waals surface area contributed by atoms with Gasteiger partial charge in [-0.05, 0) is 13.3 Å². The third-order valence-electron chi connectivity index (χ3n) is 3.24. The van der Waals surface area contributed by atoms with Gasteiger partial charge < -0.3 is 10.1 Å². The van der Waals surface area contributed by atoms with Crippen LogP contribution in [0.3, 0.4) is 0 Å². The van der Waals surface area contributed by atoms with Gasteiger partial charge in [-0.2, -0.15) is 0 Å². The van der Waals surface area contributed by atoms with Gasteiger partial charge in [0.15, 0.2) is 0 Å². The maximum Gasteiger partial charge on any atom is 0.135 e. The fourth-order valence-electron chi connectivity index (χ4n) is 1.97. The molecule has 0 spiro atoms. The number of ether oxygens (including phenoxy) is 1. The van der Waals surface area contributed by atoms with Gasteiger partial charge in [0.2, 0.25) is 0 Å². The Balaban J connectivity index is 2.40. The zero-order valence-electron chi connectivity index (χ0n) is 10.9. The van der Waals surface area contributed by atoms with Crippen molar-refractivity contribution in [2.75, 3.05) is 18.5 Å². The molecule has 4 nitrogen and oxygen atoms in total. The van der Waals surface area contributed by atoms with Gasteiger partial charge in [0.25, 0.3) is 0 Å². The number of hydrogen-bond donors (Lipinski definition) is 1. The summed E-state index contributed by atoms with van der Waals surface area (Å²) in [5, 5.41) is 3.32. The molecular weight excluding hydrogens is 214 g/mol. The summed E-state index contributed by atoms with van der Waals surface area (Å²) < 4.78 is 5.49. The van der Waals surface area contributed by atoms with Crippen molar-refractivity contribution in [1.82, 2.24) is 9.97 Å². The summed E-state index contributed by atoms with van der Waals surface area (Å²) in [5.41, 5.74) is 2.31. The van der Waals surface area contributed by atoms with Crippen molar-refractivity contribution in [3.8, 4) is 0 Å². The molecule has 94 valence electrons. The molecule has 0 saturated carbocycles. The minimum atomic E-state index is 0.417. The largest absolute Gasteiger partial charge is 0.376 e. The lowest BCUT2D eigenvalue weighted by Gasteiger charge is -2.21. The molecular formula is C13H21N3O. The molecule has 1 unspecified atom stereocenters. The van der Waals surface area contributed by atoms with Gasteiger partial charge in [0, 0.05) is 24.4 Å². The van der Waals surface area contributed by atoms with Crippen LogP contribution in [0, 0.1) is 0 Å². The molecule has 2 rings (SSSR count). The van der Waals surface area contributed by atoms with E-state index in [0.717, 1.165) is 48.9 Å². The lowest BCUT2D eigenvalue weighted by Crippen LogP contribution is -2.18. The fraction of sp³-hybridized carbons (Fsp3) is 0.692. The molecule has 1 N–H and O–H groups in total. The first kappa shape index (κ1) is 12.3. The first-order valence-corrected chi connectivity index (χ1v) is 6.47. The average molecular weight is 235 g/mol. The Morgan fingerprint density at radius 3 is 2.88 bits per heavy atom. The van der Waals surface area contributed by atoms with Crippen LogP contribution in [-0.2, 0) is 17.8 Å². The quantitative estimate of drug-likeness (QED) is 0.871. The van der Waals surface area contributed by atoms with Gasteiger partial charge in [-0.25, -0.2) is 9.97 Å². The van der Waals surface area contributed by atoms with E-state index in [9.17, 15) is 0 Å². The number of rotatable bonds is 4. The van der Waals surface area contributed by atoms with Crippen LogP contribution in [0.15, 0.2) is 0 Å². The van der Waals surface area contributed by atoms with Crippen LogP contribution in [0.5, 0.6) is 0 Å². The SMILES string of the molecule is CCNc1nc(C(C)CC)nc2c1COCC2. The average Bonchev–Trinajstić information content (AvgIpc) is 2.38.